The molecule has 0 spiro atoms. The van der Waals surface area contributed by atoms with Crippen LogP contribution in [0.1, 0.15) is 18.6 Å². The van der Waals surface area contributed by atoms with Gasteiger partial charge in [0.25, 0.3) is 0 Å². The number of carbonyl (C=O) groups is 1. The standard InChI is InChI=1S/C11H12F2O4/c1-2-17-11(16)10(15)9(14)6-4-3-5-7(12)8(6)13/h3-5,9-10,14-15H,2H2,1H3. The second-order valence-electron chi connectivity index (χ2n) is 3.28. The molecule has 1 rings (SSSR count). The Morgan fingerprint density at radius 1 is 1.41 bits per heavy atom. The fraction of sp³-hybridized carbons (Fsp3) is 0.364. The molecule has 0 aliphatic rings. The van der Waals surface area contributed by atoms with E-state index >= 15 is 0 Å². The summed E-state index contributed by atoms with van der Waals surface area (Å²) >= 11 is 0. The molecule has 17 heavy (non-hydrogen) atoms. The monoisotopic (exact) mass is 246 g/mol. The Bertz CT molecular complexity index is 408. The molecule has 0 fully saturated rings. The highest BCUT2D eigenvalue weighted by atomic mass is 19.2. The molecule has 2 N–H and O–H groups in total. The van der Waals surface area contributed by atoms with E-state index < -0.39 is 35.4 Å². The van der Waals surface area contributed by atoms with Crippen molar-refractivity contribution in [3.05, 3.63) is 35.4 Å². The summed E-state index contributed by atoms with van der Waals surface area (Å²) in [7, 11) is 0. The zero-order valence-corrected chi connectivity index (χ0v) is 9.06. The number of hydrogen-bond donors (Lipinski definition) is 2. The van der Waals surface area contributed by atoms with Crippen molar-refractivity contribution in [3.63, 3.8) is 0 Å². The van der Waals surface area contributed by atoms with E-state index in [1.165, 1.54) is 6.92 Å². The predicted octanol–water partition coefficient (Wildman–Crippen LogP) is 0.922. The fourth-order valence-corrected chi connectivity index (χ4v) is 1.28. The summed E-state index contributed by atoms with van der Waals surface area (Å²) in [5.41, 5.74) is -0.495. The average Bonchev–Trinajstić information content (AvgIpc) is 2.31. The highest BCUT2D eigenvalue weighted by Crippen LogP contribution is 2.22. The number of ether oxygens (including phenoxy) is 1. The second kappa shape index (κ2) is 5.70. The van der Waals surface area contributed by atoms with E-state index in [0.717, 1.165) is 18.2 Å². The zero-order chi connectivity index (χ0) is 13.0. The molecule has 1 aromatic rings. The molecule has 0 heterocycles. The third-order valence-corrected chi connectivity index (χ3v) is 2.13. The van der Waals surface area contributed by atoms with Gasteiger partial charge in [-0.05, 0) is 13.0 Å². The number of aliphatic hydroxyl groups excluding tert-OH is 2. The number of esters is 1. The maximum absolute atomic E-state index is 13.3. The van der Waals surface area contributed by atoms with Crippen LogP contribution in [0, 0.1) is 11.6 Å². The van der Waals surface area contributed by atoms with Gasteiger partial charge in [-0.15, -0.1) is 0 Å². The summed E-state index contributed by atoms with van der Waals surface area (Å²) < 4.78 is 30.6. The second-order valence-corrected chi connectivity index (χ2v) is 3.28. The van der Waals surface area contributed by atoms with Crippen LogP contribution in [0.25, 0.3) is 0 Å². The smallest absolute Gasteiger partial charge is 0.338 e. The van der Waals surface area contributed by atoms with Crippen LogP contribution in [-0.2, 0) is 9.53 Å². The third-order valence-electron chi connectivity index (χ3n) is 2.13. The lowest BCUT2D eigenvalue weighted by atomic mass is 10.0. The molecule has 0 saturated carbocycles. The molecule has 0 bridgehead atoms. The van der Waals surface area contributed by atoms with E-state index in [2.05, 4.69) is 4.74 Å². The van der Waals surface area contributed by atoms with Crippen molar-refractivity contribution < 1.29 is 28.5 Å². The van der Waals surface area contributed by atoms with E-state index in [4.69, 9.17) is 0 Å². The summed E-state index contributed by atoms with van der Waals surface area (Å²) in [5, 5.41) is 18.9. The molecule has 0 saturated heterocycles. The Morgan fingerprint density at radius 3 is 2.65 bits per heavy atom. The van der Waals surface area contributed by atoms with Gasteiger partial charge in [-0.25, -0.2) is 13.6 Å². The fourth-order valence-electron chi connectivity index (χ4n) is 1.28. The van der Waals surface area contributed by atoms with Gasteiger partial charge < -0.3 is 14.9 Å². The van der Waals surface area contributed by atoms with Crippen molar-refractivity contribution >= 4 is 5.97 Å². The minimum atomic E-state index is -1.95. The van der Waals surface area contributed by atoms with Crippen molar-refractivity contribution in [1.82, 2.24) is 0 Å². The molecular formula is C11H12F2O4. The van der Waals surface area contributed by atoms with Crippen LogP contribution in [0.4, 0.5) is 8.78 Å². The lowest BCUT2D eigenvalue weighted by molar-refractivity contribution is -0.159. The largest absolute Gasteiger partial charge is 0.464 e. The lowest BCUT2D eigenvalue weighted by Gasteiger charge is -2.17. The maximum Gasteiger partial charge on any atom is 0.338 e. The molecule has 1 aromatic carbocycles. The van der Waals surface area contributed by atoms with Crippen molar-refractivity contribution in [3.8, 4) is 0 Å². The number of aliphatic hydroxyl groups is 2. The zero-order valence-electron chi connectivity index (χ0n) is 9.06. The first-order valence-electron chi connectivity index (χ1n) is 4.95. The summed E-state index contributed by atoms with van der Waals surface area (Å²) in [6.45, 7) is 1.52. The molecule has 2 unspecified atom stereocenters. The first-order chi connectivity index (χ1) is 7.99. The van der Waals surface area contributed by atoms with Crippen LogP contribution in [0.2, 0.25) is 0 Å². The van der Waals surface area contributed by atoms with Gasteiger partial charge in [0, 0.05) is 5.56 Å². The van der Waals surface area contributed by atoms with Gasteiger partial charge in [-0.1, -0.05) is 12.1 Å². The molecule has 0 radical (unpaired) electrons. The van der Waals surface area contributed by atoms with E-state index in [-0.39, 0.29) is 6.61 Å². The first-order valence-corrected chi connectivity index (χ1v) is 4.95. The van der Waals surface area contributed by atoms with Crippen molar-refractivity contribution in [2.75, 3.05) is 6.61 Å². The van der Waals surface area contributed by atoms with Gasteiger partial charge in [-0.3, -0.25) is 0 Å². The molecule has 94 valence electrons. The molecule has 0 aromatic heterocycles. The number of hydrogen-bond acceptors (Lipinski definition) is 4. The number of rotatable bonds is 4. The van der Waals surface area contributed by atoms with Gasteiger partial charge in [0.15, 0.2) is 17.7 Å². The third kappa shape index (κ3) is 2.98. The molecular weight excluding hydrogens is 234 g/mol. The van der Waals surface area contributed by atoms with E-state index in [0.29, 0.717) is 0 Å². The normalized spacial score (nSPS) is 14.2. The molecule has 4 nitrogen and oxygen atoms in total. The minimum Gasteiger partial charge on any atom is -0.464 e. The van der Waals surface area contributed by atoms with E-state index in [1.807, 2.05) is 0 Å². The molecule has 0 aliphatic heterocycles. The summed E-state index contributed by atoms with van der Waals surface area (Å²) in [5.74, 6) is -3.57. The number of benzene rings is 1. The highest BCUT2D eigenvalue weighted by Gasteiger charge is 2.29. The Morgan fingerprint density at radius 2 is 2.06 bits per heavy atom. The van der Waals surface area contributed by atoms with Crippen molar-refractivity contribution in [2.24, 2.45) is 0 Å². The van der Waals surface area contributed by atoms with E-state index in [9.17, 15) is 23.8 Å². The first kappa shape index (κ1) is 13.5. The summed E-state index contributed by atoms with van der Waals surface area (Å²) in [6.07, 6.45) is -3.82. The van der Waals surface area contributed by atoms with Crippen LogP contribution in [0.15, 0.2) is 18.2 Å². The SMILES string of the molecule is CCOC(=O)C(O)C(O)c1cccc(F)c1F. The molecule has 0 aliphatic carbocycles. The summed E-state index contributed by atoms with van der Waals surface area (Å²) in [6, 6.07) is 3.10. The van der Waals surface area contributed by atoms with Crippen LogP contribution >= 0.6 is 0 Å². The Kier molecular flexibility index (Phi) is 4.53. The Hall–Kier alpha value is -1.53. The topological polar surface area (TPSA) is 66.8 Å². The molecule has 6 heteroatoms. The molecule has 2 atom stereocenters. The molecule has 0 amide bonds. The van der Waals surface area contributed by atoms with Crippen LogP contribution < -0.4 is 0 Å². The lowest BCUT2D eigenvalue weighted by Crippen LogP contribution is -2.30. The Balaban J connectivity index is 2.92. The van der Waals surface area contributed by atoms with Crippen molar-refractivity contribution in [2.45, 2.75) is 19.1 Å². The van der Waals surface area contributed by atoms with Crippen molar-refractivity contribution in [1.29, 1.82) is 0 Å². The van der Waals surface area contributed by atoms with Crippen LogP contribution in [-0.4, -0.2) is 28.9 Å². The van der Waals surface area contributed by atoms with E-state index in [1.54, 1.807) is 0 Å². The van der Waals surface area contributed by atoms with Crippen LogP contribution in [0.5, 0.6) is 0 Å². The van der Waals surface area contributed by atoms with Gasteiger partial charge in [-0.2, -0.15) is 0 Å². The van der Waals surface area contributed by atoms with Gasteiger partial charge in [0.2, 0.25) is 0 Å². The Labute approximate surface area is 96.5 Å². The van der Waals surface area contributed by atoms with Gasteiger partial charge in [0.05, 0.1) is 6.61 Å². The maximum atomic E-state index is 13.3. The van der Waals surface area contributed by atoms with Crippen LogP contribution in [0.3, 0.4) is 0 Å². The number of halogens is 2. The number of carbonyl (C=O) groups excluding carboxylic acids is 1. The minimum absolute atomic E-state index is 0.00818. The average molecular weight is 246 g/mol. The quantitative estimate of drug-likeness (QED) is 0.775. The van der Waals surface area contributed by atoms with Gasteiger partial charge >= 0.3 is 5.97 Å². The highest BCUT2D eigenvalue weighted by molar-refractivity contribution is 5.75. The summed E-state index contributed by atoms with van der Waals surface area (Å²) in [4.78, 5) is 11.1. The van der Waals surface area contributed by atoms with Gasteiger partial charge in [0.1, 0.15) is 6.10 Å². The predicted molar refractivity (Wildman–Crippen MR) is 54.0 cm³/mol.